The first-order valence-corrected chi connectivity index (χ1v) is 7.07. The van der Waals surface area contributed by atoms with Gasteiger partial charge in [0.15, 0.2) is 0 Å². The van der Waals surface area contributed by atoms with Crippen LogP contribution in [0.5, 0.6) is 0 Å². The molecule has 4 nitrogen and oxygen atoms in total. The topological polar surface area (TPSA) is 66.0 Å². The maximum Gasteiger partial charge on any atom is 0.140 e. The molecule has 0 spiro atoms. The number of anilines is 1. The fourth-order valence-electron chi connectivity index (χ4n) is 3.12. The van der Waals surface area contributed by atoms with Crippen molar-refractivity contribution in [3.8, 4) is 0 Å². The third kappa shape index (κ3) is 2.11. The molecule has 0 amide bonds. The number of fused-ring (bicyclic) bond motifs is 1. The van der Waals surface area contributed by atoms with Crippen molar-refractivity contribution in [1.82, 2.24) is 4.98 Å². The second-order valence-electron chi connectivity index (χ2n) is 5.81. The van der Waals surface area contributed by atoms with Crippen LogP contribution in [0.4, 0.5) is 5.82 Å². The summed E-state index contributed by atoms with van der Waals surface area (Å²) in [6.45, 7) is 5.45. The Kier molecular flexibility index (Phi) is 3.08. The van der Waals surface area contributed by atoms with Crippen LogP contribution in [0, 0.1) is 11.3 Å². The number of rotatable bonds is 2. The molecule has 3 rings (SSSR count). The Hall–Kier alpha value is -2.10. The van der Waals surface area contributed by atoms with Gasteiger partial charge in [-0.1, -0.05) is 25.1 Å². The predicted molar refractivity (Wildman–Crippen MR) is 83.3 cm³/mol. The van der Waals surface area contributed by atoms with Gasteiger partial charge in [-0.05, 0) is 31.4 Å². The molecule has 2 unspecified atom stereocenters. The molecule has 1 aliphatic rings. The number of pyridine rings is 1. The van der Waals surface area contributed by atoms with Crippen LogP contribution in [0.2, 0.25) is 0 Å². The van der Waals surface area contributed by atoms with Crippen molar-refractivity contribution in [2.24, 2.45) is 11.7 Å². The van der Waals surface area contributed by atoms with Crippen molar-refractivity contribution >= 4 is 22.6 Å². The number of hydrogen-bond acceptors (Lipinski definition) is 3. The molecule has 104 valence electrons. The maximum absolute atomic E-state index is 7.84. The van der Waals surface area contributed by atoms with E-state index in [1.165, 1.54) is 0 Å². The highest BCUT2D eigenvalue weighted by Crippen LogP contribution is 2.31. The first kappa shape index (κ1) is 12.9. The highest BCUT2D eigenvalue weighted by Gasteiger charge is 2.29. The monoisotopic (exact) mass is 268 g/mol. The van der Waals surface area contributed by atoms with Crippen molar-refractivity contribution in [1.29, 1.82) is 5.41 Å². The summed E-state index contributed by atoms with van der Waals surface area (Å²) in [5.41, 5.74) is 7.47. The molecular weight excluding hydrogens is 248 g/mol. The summed E-state index contributed by atoms with van der Waals surface area (Å²) in [5, 5.41) is 8.87. The number of para-hydroxylation sites is 1. The molecule has 0 radical (unpaired) electrons. The van der Waals surface area contributed by atoms with E-state index >= 15 is 0 Å². The van der Waals surface area contributed by atoms with E-state index in [9.17, 15) is 0 Å². The predicted octanol–water partition coefficient (Wildman–Crippen LogP) is 2.75. The van der Waals surface area contributed by atoms with Gasteiger partial charge >= 0.3 is 0 Å². The minimum atomic E-state index is 0.0880. The minimum absolute atomic E-state index is 0.0880. The van der Waals surface area contributed by atoms with E-state index in [1.54, 1.807) is 0 Å². The van der Waals surface area contributed by atoms with Crippen LogP contribution in [-0.2, 0) is 0 Å². The van der Waals surface area contributed by atoms with Gasteiger partial charge in [-0.15, -0.1) is 0 Å². The van der Waals surface area contributed by atoms with Crippen molar-refractivity contribution < 1.29 is 0 Å². The summed E-state index contributed by atoms with van der Waals surface area (Å²) < 4.78 is 0. The molecule has 0 saturated carbocycles. The molecule has 2 aromatic rings. The lowest BCUT2D eigenvalue weighted by Gasteiger charge is -2.25. The summed E-state index contributed by atoms with van der Waals surface area (Å²) in [7, 11) is 0. The molecule has 2 atom stereocenters. The van der Waals surface area contributed by atoms with Crippen LogP contribution < -0.4 is 10.6 Å². The Balaban J connectivity index is 2.17. The van der Waals surface area contributed by atoms with Gasteiger partial charge in [-0.25, -0.2) is 4.98 Å². The lowest BCUT2D eigenvalue weighted by Crippen LogP contribution is -2.30. The van der Waals surface area contributed by atoms with Crippen LogP contribution in [0.15, 0.2) is 30.3 Å². The standard InChI is InChI=1S/C16H20N4/c1-10-7-11(2)20(9-10)16-13(15(17)18)8-12-5-3-4-6-14(12)19-16/h3-6,8,10-11H,7,9H2,1-2H3,(H3,17,18). The van der Waals surface area contributed by atoms with Crippen molar-refractivity contribution in [2.45, 2.75) is 26.3 Å². The molecule has 1 fully saturated rings. The van der Waals surface area contributed by atoms with Gasteiger partial charge in [0, 0.05) is 18.0 Å². The molecule has 1 aromatic carbocycles. The molecule has 4 heteroatoms. The number of hydrogen-bond donors (Lipinski definition) is 2. The number of nitrogens with one attached hydrogen (secondary N) is 1. The summed E-state index contributed by atoms with van der Waals surface area (Å²) in [5.74, 6) is 1.59. The second kappa shape index (κ2) is 4.78. The van der Waals surface area contributed by atoms with E-state index in [1.807, 2.05) is 30.3 Å². The molecule has 0 aliphatic carbocycles. The summed E-state index contributed by atoms with van der Waals surface area (Å²) in [6, 6.07) is 10.4. The fraction of sp³-hybridized carbons (Fsp3) is 0.375. The first-order valence-electron chi connectivity index (χ1n) is 7.07. The van der Waals surface area contributed by atoms with E-state index in [-0.39, 0.29) is 5.84 Å². The zero-order valence-electron chi connectivity index (χ0n) is 11.9. The quantitative estimate of drug-likeness (QED) is 0.650. The summed E-state index contributed by atoms with van der Waals surface area (Å²) >= 11 is 0. The number of nitrogens with two attached hydrogens (primary N) is 1. The van der Waals surface area contributed by atoms with Crippen LogP contribution in [0.3, 0.4) is 0 Å². The molecule has 1 aromatic heterocycles. The smallest absolute Gasteiger partial charge is 0.140 e. The SMILES string of the molecule is CC1CC(C)N(c2nc3ccccc3cc2C(=N)N)C1. The third-order valence-electron chi connectivity index (χ3n) is 4.05. The van der Waals surface area contributed by atoms with Crippen molar-refractivity contribution in [3.63, 3.8) is 0 Å². The highest BCUT2D eigenvalue weighted by molar-refractivity contribution is 6.03. The Bertz CT molecular complexity index is 665. The molecule has 0 bridgehead atoms. The number of nitrogens with zero attached hydrogens (tertiary/aromatic N) is 2. The molecular formula is C16H20N4. The minimum Gasteiger partial charge on any atom is -0.384 e. The Labute approximate surface area is 119 Å². The summed E-state index contributed by atoms with van der Waals surface area (Å²) in [6.07, 6.45) is 1.16. The molecule has 2 heterocycles. The zero-order chi connectivity index (χ0) is 14.3. The van der Waals surface area contributed by atoms with Gasteiger partial charge in [-0.3, -0.25) is 5.41 Å². The third-order valence-corrected chi connectivity index (χ3v) is 4.05. The van der Waals surface area contributed by atoms with E-state index in [0.717, 1.165) is 35.2 Å². The summed E-state index contributed by atoms with van der Waals surface area (Å²) in [4.78, 5) is 7.05. The van der Waals surface area contributed by atoms with E-state index in [2.05, 4.69) is 18.7 Å². The molecule has 20 heavy (non-hydrogen) atoms. The first-order chi connectivity index (χ1) is 9.56. The van der Waals surface area contributed by atoms with E-state index < -0.39 is 0 Å². The Morgan fingerprint density at radius 1 is 1.35 bits per heavy atom. The number of aromatic nitrogens is 1. The normalized spacial score (nSPS) is 22.4. The number of nitrogen functional groups attached to an aromatic ring is 1. The molecule has 1 aliphatic heterocycles. The van der Waals surface area contributed by atoms with Crippen LogP contribution in [0.1, 0.15) is 25.8 Å². The average Bonchev–Trinajstić information content (AvgIpc) is 2.76. The fourth-order valence-corrected chi connectivity index (χ4v) is 3.12. The van der Waals surface area contributed by atoms with E-state index in [0.29, 0.717) is 12.0 Å². The highest BCUT2D eigenvalue weighted by atomic mass is 15.2. The average molecular weight is 268 g/mol. The zero-order valence-corrected chi connectivity index (χ0v) is 11.9. The maximum atomic E-state index is 7.84. The molecule has 3 N–H and O–H groups in total. The Morgan fingerprint density at radius 2 is 2.10 bits per heavy atom. The van der Waals surface area contributed by atoms with Crippen molar-refractivity contribution in [3.05, 3.63) is 35.9 Å². The lowest BCUT2D eigenvalue weighted by atomic mass is 10.1. The number of benzene rings is 1. The number of amidine groups is 1. The van der Waals surface area contributed by atoms with Gasteiger partial charge in [0.05, 0.1) is 11.1 Å². The second-order valence-corrected chi connectivity index (χ2v) is 5.81. The van der Waals surface area contributed by atoms with Crippen LogP contribution >= 0.6 is 0 Å². The van der Waals surface area contributed by atoms with Crippen LogP contribution in [-0.4, -0.2) is 23.4 Å². The van der Waals surface area contributed by atoms with Gasteiger partial charge in [0.25, 0.3) is 0 Å². The van der Waals surface area contributed by atoms with Gasteiger partial charge < -0.3 is 10.6 Å². The van der Waals surface area contributed by atoms with Gasteiger partial charge in [0.2, 0.25) is 0 Å². The molecule has 1 saturated heterocycles. The lowest BCUT2D eigenvalue weighted by molar-refractivity contribution is 0.625. The Morgan fingerprint density at radius 3 is 2.75 bits per heavy atom. The van der Waals surface area contributed by atoms with Gasteiger partial charge in [0.1, 0.15) is 11.7 Å². The van der Waals surface area contributed by atoms with Crippen LogP contribution in [0.25, 0.3) is 10.9 Å². The largest absolute Gasteiger partial charge is 0.384 e. The van der Waals surface area contributed by atoms with Gasteiger partial charge in [-0.2, -0.15) is 0 Å². The van der Waals surface area contributed by atoms with Crippen molar-refractivity contribution in [2.75, 3.05) is 11.4 Å². The van der Waals surface area contributed by atoms with E-state index in [4.69, 9.17) is 16.1 Å².